The Morgan fingerprint density at radius 1 is 1.15 bits per heavy atom. The molecule has 0 radical (unpaired) electrons. The molecule has 2 aliphatic rings. The number of benzene rings is 2. The first kappa shape index (κ1) is 23.0. The molecule has 2 atom stereocenters. The first-order valence-corrected chi connectivity index (χ1v) is 13.6. The highest BCUT2D eigenvalue weighted by molar-refractivity contribution is 7.91. The van der Waals surface area contributed by atoms with Crippen LogP contribution < -0.4 is 5.32 Å². The van der Waals surface area contributed by atoms with Crippen LogP contribution in [0.3, 0.4) is 0 Å². The Kier molecular flexibility index (Phi) is 6.38. The molecule has 1 saturated heterocycles. The maximum absolute atomic E-state index is 14.6. The zero-order chi connectivity index (χ0) is 23.7. The summed E-state index contributed by atoms with van der Waals surface area (Å²) in [6, 6.07) is 19.9. The minimum absolute atomic E-state index is 0.101. The molecule has 0 bridgehead atoms. The molecule has 174 valence electrons. The molecule has 6 nitrogen and oxygen atoms in total. The molecule has 2 aromatic carbocycles. The van der Waals surface area contributed by atoms with Crippen LogP contribution in [-0.2, 0) is 14.6 Å². The summed E-state index contributed by atoms with van der Waals surface area (Å²) in [5.41, 5.74) is 6.44. The van der Waals surface area contributed by atoms with Gasteiger partial charge in [0.2, 0.25) is 16.3 Å². The van der Waals surface area contributed by atoms with Crippen LogP contribution in [0, 0.1) is 0 Å². The number of carbonyl (C=O) groups excluding carboxylic acids is 1. The number of amides is 1. The molecule has 2 heterocycles. The minimum atomic E-state index is -2.79. The fraction of sp³-hybridized carbons (Fsp3) is 0.240. The van der Waals surface area contributed by atoms with E-state index in [2.05, 4.69) is 34.6 Å². The van der Waals surface area contributed by atoms with Gasteiger partial charge >= 0.3 is 6.09 Å². The van der Waals surface area contributed by atoms with Crippen molar-refractivity contribution in [1.29, 1.82) is 0 Å². The lowest BCUT2D eigenvalue weighted by Gasteiger charge is -2.16. The predicted octanol–water partition coefficient (Wildman–Crippen LogP) is 5.46. The Labute approximate surface area is 209 Å². The lowest BCUT2D eigenvalue weighted by molar-refractivity contribution is -0.743. The van der Waals surface area contributed by atoms with Crippen LogP contribution in [0.25, 0.3) is 11.1 Å². The highest BCUT2D eigenvalue weighted by Gasteiger charge is 2.43. The molecule has 1 aliphatic heterocycles. The number of hydrogen-bond acceptors (Lipinski definition) is 5. The molecule has 1 fully saturated rings. The number of rotatable bonds is 5. The number of fused-ring (bicyclic) bond motifs is 3. The van der Waals surface area contributed by atoms with Gasteiger partial charge in [0.05, 0.1) is 17.2 Å². The van der Waals surface area contributed by atoms with Crippen molar-refractivity contribution >= 4 is 45.1 Å². The molecule has 5 rings (SSSR count). The van der Waals surface area contributed by atoms with E-state index in [0.29, 0.717) is 17.3 Å². The van der Waals surface area contributed by atoms with E-state index in [4.69, 9.17) is 28.7 Å². The smallest absolute Gasteiger partial charge is 0.283 e. The molecule has 1 amide bonds. The SMILES string of the molecule is O=C(NC=S)O[N+](CC1c2ccccc2-c2ccccc21)=S1(=O)CCCC1c1ccc(Cl)nc1. The average Bonchev–Trinajstić information content (AvgIpc) is 3.39. The number of nitrogens with one attached hydrogen (secondary N) is 1. The molecule has 2 unspecified atom stereocenters. The second-order valence-electron chi connectivity index (χ2n) is 8.32. The lowest BCUT2D eigenvalue weighted by Crippen LogP contribution is -2.34. The summed E-state index contributed by atoms with van der Waals surface area (Å²) in [6.07, 6.45) is 2.36. The number of aromatic nitrogens is 1. The Morgan fingerprint density at radius 2 is 1.82 bits per heavy atom. The number of pyridine rings is 1. The normalized spacial score (nSPS) is 20.9. The fourth-order valence-corrected chi connectivity index (χ4v) is 8.26. The summed E-state index contributed by atoms with van der Waals surface area (Å²) >= 11 is 10.7. The van der Waals surface area contributed by atoms with Gasteiger partial charge in [-0.05, 0) is 46.7 Å². The highest BCUT2D eigenvalue weighted by atomic mass is 35.5. The first-order chi connectivity index (χ1) is 16.5. The van der Waals surface area contributed by atoms with Crippen molar-refractivity contribution in [3.63, 3.8) is 0 Å². The Bertz CT molecular complexity index is 1340. The van der Waals surface area contributed by atoms with Gasteiger partial charge in [0.1, 0.15) is 10.4 Å². The number of hydroxylamine groups is 1. The second kappa shape index (κ2) is 9.44. The quantitative estimate of drug-likeness (QED) is 0.213. The maximum atomic E-state index is 14.6. The standard InChI is InChI=1S/C25H22ClN3O3S2/c26-24-12-11-17(14-27-24)23-10-5-13-34(23,31)29(32-25(30)28-16-33)15-22-20-8-3-1-6-18(20)19-7-2-4-9-21(19)22/h1-4,6-9,11-12,14,16,22-23H,5,10,13,15H2/p+1. The van der Waals surface area contributed by atoms with E-state index in [1.807, 2.05) is 30.3 Å². The summed E-state index contributed by atoms with van der Waals surface area (Å²) in [7, 11) is -2.79. The zero-order valence-electron chi connectivity index (χ0n) is 18.2. The third kappa shape index (κ3) is 4.10. The molecule has 0 spiro atoms. The van der Waals surface area contributed by atoms with E-state index >= 15 is 0 Å². The summed E-state index contributed by atoms with van der Waals surface area (Å²) in [4.78, 5) is 22.4. The monoisotopic (exact) mass is 512 g/mol. The van der Waals surface area contributed by atoms with Gasteiger partial charge in [-0.3, -0.25) is 5.32 Å². The average molecular weight is 513 g/mol. The third-order valence-corrected chi connectivity index (χ3v) is 10.00. The molecule has 1 N–H and O–H groups in total. The van der Waals surface area contributed by atoms with Crippen molar-refractivity contribution < 1.29 is 18.0 Å². The van der Waals surface area contributed by atoms with Crippen LogP contribution in [0.2, 0.25) is 5.15 Å². The van der Waals surface area contributed by atoms with Crippen LogP contribution in [0.15, 0.2) is 66.9 Å². The van der Waals surface area contributed by atoms with Crippen molar-refractivity contribution in [2.75, 3.05) is 12.3 Å². The van der Waals surface area contributed by atoms with E-state index in [-0.39, 0.29) is 17.7 Å². The fourth-order valence-electron chi connectivity index (χ4n) is 5.00. The molecule has 0 saturated carbocycles. The van der Waals surface area contributed by atoms with E-state index < -0.39 is 15.8 Å². The Balaban J connectivity index is 1.63. The number of thiocarbonyl (C=S) groups is 1. The van der Waals surface area contributed by atoms with Crippen LogP contribution in [0.1, 0.15) is 40.7 Å². The molecule has 34 heavy (non-hydrogen) atoms. The maximum Gasteiger partial charge on any atom is 0.480 e. The van der Waals surface area contributed by atoms with Crippen LogP contribution in [-0.4, -0.2) is 37.2 Å². The van der Waals surface area contributed by atoms with Crippen LogP contribution in [0.5, 0.6) is 0 Å². The molecule has 1 aromatic heterocycles. The molecule has 1 aliphatic carbocycles. The van der Waals surface area contributed by atoms with Gasteiger partial charge in [0.15, 0.2) is 0 Å². The topological polar surface area (TPSA) is 71.3 Å². The number of nitrogens with zero attached hydrogens (tertiary/aromatic N) is 2. The Morgan fingerprint density at radius 3 is 2.44 bits per heavy atom. The third-order valence-electron chi connectivity index (χ3n) is 6.47. The van der Waals surface area contributed by atoms with Crippen LogP contribution >= 0.6 is 23.8 Å². The highest BCUT2D eigenvalue weighted by Crippen LogP contribution is 2.45. The molecular weight excluding hydrogens is 490 g/mol. The summed E-state index contributed by atoms with van der Waals surface area (Å²) < 4.78 is 16.0. The van der Waals surface area contributed by atoms with Gasteiger partial charge < -0.3 is 0 Å². The number of hydrogen-bond donors (Lipinski definition) is 1. The molecule has 9 heteroatoms. The number of carbonyl (C=O) groups is 1. The largest absolute Gasteiger partial charge is 0.480 e. The lowest BCUT2D eigenvalue weighted by atomic mass is 9.97. The van der Waals surface area contributed by atoms with Crippen molar-refractivity contribution in [2.45, 2.75) is 24.0 Å². The van der Waals surface area contributed by atoms with Crippen molar-refractivity contribution in [1.82, 2.24) is 10.3 Å². The summed E-state index contributed by atoms with van der Waals surface area (Å²) in [5, 5.41) is 2.42. The van der Waals surface area contributed by atoms with Gasteiger partial charge in [-0.1, -0.05) is 78.4 Å². The van der Waals surface area contributed by atoms with Gasteiger partial charge in [-0.2, -0.15) is 4.84 Å². The van der Waals surface area contributed by atoms with Gasteiger partial charge in [0.25, 0.3) is 0 Å². The van der Waals surface area contributed by atoms with Gasteiger partial charge in [-0.15, -0.1) is 0 Å². The van der Waals surface area contributed by atoms with Crippen molar-refractivity contribution in [3.05, 3.63) is 88.7 Å². The van der Waals surface area contributed by atoms with Crippen LogP contribution in [0.4, 0.5) is 4.79 Å². The first-order valence-electron chi connectivity index (χ1n) is 11.0. The van der Waals surface area contributed by atoms with E-state index in [1.54, 1.807) is 12.3 Å². The van der Waals surface area contributed by atoms with Crippen molar-refractivity contribution in [3.8, 4) is 11.1 Å². The van der Waals surface area contributed by atoms with Gasteiger partial charge in [-0.25, -0.2) is 14.0 Å². The van der Waals surface area contributed by atoms with Gasteiger partial charge in [0, 0.05) is 10.3 Å². The predicted molar refractivity (Wildman–Crippen MR) is 136 cm³/mol. The molecule has 3 aromatic rings. The summed E-state index contributed by atoms with van der Waals surface area (Å²) in [5.74, 6) is 0.317. The Hall–Kier alpha value is -2.81. The summed E-state index contributed by atoms with van der Waals surface area (Å²) in [6.45, 7) is 0.259. The second-order valence-corrected chi connectivity index (χ2v) is 11.7. The minimum Gasteiger partial charge on any atom is -0.283 e. The van der Waals surface area contributed by atoms with E-state index in [1.165, 1.54) is 4.11 Å². The molecular formula is C25H23ClN3O3S2+. The van der Waals surface area contributed by atoms with E-state index in [9.17, 15) is 9.00 Å². The van der Waals surface area contributed by atoms with Crippen molar-refractivity contribution in [2.24, 2.45) is 0 Å². The zero-order valence-corrected chi connectivity index (χ0v) is 20.6. The van der Waals surface area contributed by atoms with E-state index in [0.717, 1.165) is 39.7 Å². The number of halogens is 1.